The van der Waals surface area contributed by atoms with Gasteiger partial charge in [-0.2, -0.15) is 0 Å². The van der Waals surface area contributed by atoms with Crippen LogP contribution in [0.25, 0.3) is 0 Å². The van der Waals surface area contributed by atoms with E-state index in [1.165, 1.54) is 0 Å². The van der Waals surface area contributed by atoms with Gasteiger partial charge in [0, 0.05) is 0 Å². The van der Waals surface area contributed by atoms with Crippen molar-refractivity contribution in [2.24, 2.45) is 0 Å². The van der Waals surface area contributed by atoms with E-state index in [0.717, 1.165) is 4.90 Å². The number of rotatable bonds is 1. The first-order valence-electron chi connectivity index (χ1n) is 7.15. The molecule has 6 nitrogen and oxygen atoms in total. The first-order valence-corrected chi connectivity index (χ1v) is 7.15. The van der Waals surface area contributed by atoms with Crippen molar-refractivity contribution >= 4 is 29.1 Å². The van der Waals surface area contributed by atoms with Crippen molar-refractivity contribution in [2.75, 3.05) is 10.2 Å². The smallest absolute Gasteiger partial charge is 0.266 e. The Kier molecular flexibility index (Phi) is 2.74. The zero-order chi connectivity index (χ0) is 16.1. The van der Waals surface area contributed by atoms with Crippen molar-refractivity contribution in [3.63, 3.8) is 0 Å². The van der Waals surface area contributed by atoms with Crippen LogP contribution in [-0.4, -0.2) is 23.8 Å². The number of hydrogen-bond donors (Lipinski definition) is 1. The first kappa shape index (κ1) is 13.5. The SMILES string of the molecule is C[C@H]1Oc2ccc(N3C(=O)c4ccccc4C3=O)cc2NC1=O. The molecule has 0 aliphatic carbocycles. The van der Waals surface area contributed by atoms with Gasteiger partial charge in [0.1, 0.15) is 5.75 Å². The minimum absolute atomic E-state index is 0.267. The van der Waals surface area contributed by atoms with Gasteiger partial charge in [-0.05, 0) is 37.3 Å². The van der Waals surface area contributed by atoms with E-state index in [9.17, 15) is 14.4 Å². The molecule has 0 aromatic heterocycles. The number of nitrogens with one attached hydrogen (secondary N) is 1. The Morgan fingerprint density at radius 2 is 1.65 bits per heavy atom. The molecule has 1 atom stereocenters. The van der Waals surface area contributed by atoms with Crippen LogP contribution in [-0.2, 0) is 4.79 Å². The number of fused-ring (bicyclic) bond motifs is 2. The second kappa shape index (κ2) is 4.67. The second-order valence-corrected chi connectivity index (χ2v) is 5.42. The maximum atomic E-state index is 12.5. The third-order valence-electron chi connectivity index (χ3n) is 3.95. The second-order valence-electron chi connectivity index (χ2n) is 5.42. The Hall–Kier alpha value is -3.15. The highest BCUT2D eigenvalue weighted by atomic mass is 16.5. The first-order chi connectivity index (χ1) is 11.1. The molecule has 0 fully saturated rings. The lowest BCUT2D eigenvalue weighted by molar-refractivity contribution is -0.122. The van der Waals surface area contributed by atoms with E-state index in [1.54, 1.807) is 49.4 Å². The van der Waals surface area contributed by atoms with Crippen LogP contribution >= 0.6 is 0 Å². The molecule has 2 heterocycles. The topological polar surface area (TPSA) is 75.7 Å². The monoisotopic (exact) mass is 308 g/mol. The van der Waals surface area contributed by atoms with Crippen molar-refractivity contribution in [1.29, 1.82) is 0 Å². The summed E-state index contributed by atoms with van der Waals surface area (Å²) in [4.78, 5) is 37.8. The molecule has 0 saturated carbocycles. The summed E-state index contributed by atoms with van der Waals surface area (Å²) in [7, 11) is 0. The normalized spacial score (nSPS) is 19.1. The van der Waals surface area contributed by atoms with E-state index < -0.39 is 6.10 Å². The average molecular weight is 308 g/mol. The van der Waals surface area contributed by atoms with Crippen LogP contribution in [0.5, 0.6) is 5.75 Å². The molecule has 0 spiro atoms. The maximum absolute atomic E-state index is 12.5. The lowest BCUT2D eigenvalue weighted by atomic mass is 10.1. The summed E-state index contributed by atoms with van der Waals surface area (Å²) >= 11 is 0. The summed E-state index contributed by atoms with van der Waals surface area (Å²) in [6.07, 6.45) is -0.576. The van der Waals surface area contributed by atoms with Crippen molar-refractivity contribution in [3.05, 3.63) is 53.6 Å². The fourth-order valence-corrected chi connectivity index (χ4v) is 2.76. The van der Waals surface area contributed by atoms with Gasteiger partial charge in [0.05, 0.1) is 22.5 Å². The van der Waals surface area contributed by atoms with E-state index in [0.29, 0.717) is 28.3 Å². The maximum Gasteiger partial charge on any atom is 0.266 e. The van der Waals surface area contributed by atoms with Crippen LogP contribution in [0.15, 0.2) is 42.5 Å². The molecule has 2 aromatic rings. The van der Waals surface area contributed by atoms with Crippen molar-refractivity contribution in [2.45, 2.75) is 13.0 Å². The fraction of sp³-hybridized carbons (Fsp3) is 0.118. The molecule has 0 saturated heterocycles. The molecule has 2 aliphatic rings. The third-order valence-corrected chi connectivity index (χ3v) is 3.95. The molecule has 0 unspecified atom stereocenters. The van der Waals surface area contributed by atoms with Crippen molar-refractivity contribution in [1.82, 2.24) is 0 Å². The van der Waals surface area contributed by atoms with Crippen molar-refractivity contribution in [3.8, 4) is 5.75 Å². The van der Waals surface area contributed by atoms with E-state index in [-0.39, 0.29) is 17.7 Å². The molecule has 2 aliphatic heterocycles. The summed E-state index contributed by atoms with van der Waals surface area (Å²) in [6, 6.07) is 11.5. The number of benzene rings is 2. The number of hydrogen-bond acceptors (Lipinski definition) is 4. The van der Waals surface area contributed by atoms with Gasteiger partial charge in [0.2, 0.25) is 0 Å². The van der Waals surface area contributed by atoms with Gasteiger partial charge in [-0.25, -0.2) is 4.90 Å². The van der Waals surface area contributed by atoms with E-state index >= 15 is 0 Å². The molecule has 3 amide bonds. The zero-order valence-corrected chi connectivity index (χ0v) is 12.2. The number of ether oxygens (including phenoxy) is 1. The zero-order valence-electron chi connectivity index (χ0n) is 12.2. The molecular formula is C17H12N2O4. The number of anilines is 2. The predicted octanol–water partition coefficient (Wildman–Crippen LogP) is 2.21. The van der Waals surface area contributed by atoms with Crippen LogP contribution in [0.3, 0.4) is 0 Å². The average Bonchev–Trinajstić information content (AvgIpc) is 2.80. The van der Waals surface area contributed by atoms with Crippen LogP contribution in [0.2, 0.25) is 0 Å². The Labute approximate surface area is 131 Å². The van der Waals surface area contributed by atoms with Crippen LogP contribution < -0.4 is 15.0 Å². The van der Waals surface area contributed by atoms with Gasteiger partial charge in [0.25, 0.3) is 17.7 Å². The molecule has 23 heavy (non-hydrogen) atoms. The lowest BCUT2D eigenvalue weighted by Crippen LogP contribution is -2.35. The Balaban J connectivity index is 1.76. The molecule has 4 rings (SSSR count). The summed E-state index contributed by atoms with van der Waals surface area (Å²) < 4.78 is 5.48. The number of carbonyl (C=O) groups excluding carboxylic acids is 3. The van der Waals surface area contributed by atoms with Gasteiger partial charge >= 0.3 is 0 Å². The Morgan fingerprint density at radius 1 is 1.00 bits per heavy atom. The minimum Gasteiger partial charge on any atom is -0.479 e. The Bertz CT molecular complexity index is 840. The molecule has 1 N–H and O–H groups in total. The van der Waals surface area contributed by atoms with Gasteiger partial charge < -0.3 is 10.1 Å². The van der Waals surface area contributed by atoms with Gasteiger partial charge in [-0.1, -0.05) is 12.1 Å². The standard InChI is InChI=1S/C17H12N2O4/c1-9-15(20)18-13-8-10(6-7-14(13)23-9)19-16(21)11-4-2-3-5-12(11)17(19)22/h2-9H,1H3,(H,18,20)/t9-/m1/s1. The molecule has 0 radical (unpaired) electrons. The summed E-state index contributed by atoms with van der Waals surface area (Å²) in [5.41, 5.74) is 1.60. The highest BCUT2D eigenvalue weighted by molar-refractivity contribution is 6.34. The third kappa shape index (κ3) is 1.92. The number of nitrogens with zero attached hydrogens (tertiary/aromatic N) is 1. The fourth-order valence-electron chi connectivity index (χ4n) is 2.76. The number of imide groups is 1. The minimum atomic E-state index is -0.576. The highest BCUT2D eigenvalue weighted by Gasteiger charge is 2.37. The van der Waals surface area contributed by atoms with Crippen LogP contribution in [0, 0.1) is 0 Å². The van der Waals surface area contributed by atoms with E-state index in [4.69, 9.17) is 4.74 Å². The summed E-state index contributed by atoms with van der Waals surface area (Å²) in [5, 5.41) is 2.71. The lowest BCUT2D eigenvalue weighted by Gasteiger charge is -2.24. The van der Waals surface area contributed by atoms with Crippen LogP contribution in [0.4, 0.5) is 11.4 Å². The number of carbonyl (C=O) groups is 3. The molecule has 114 valence electrons. The van der Waals surface area contributed by atoms with Gasteiger partial charge in [-0.15, -0.1) is 0 Å². The van der Waals surface area contributed by atoms with E-state index in [1.807, 2.05) is 0 Å². The van der Waals surface area contributed by atoms with E-state index in [2.05, 4.69) is 5.32 Å². The van der Waals surface area contributed by atoms with Gasteiger partial charge in [0.15, 0.2) is 6.10 Å². The summed E-state index contributed by atoms with van der Waals surface area (Å²) in [6.45, 7) is 1.65. The molecule has 6 heteroatoms. The highest BCUT2D eigenvalue weighted by Crippen LogP contribution is 2.36. The molecule has 2 aromatic carbocycles. The molecule has 0 bridgehead atoms. The van der Waals surface area contributed by atoms with Crippen LogP contribution in [0.1, 0.15) is 27.6 Å². The quantitative estimate of drug-likeness (QED) is 0.820. The predicted molar refractivity (Wildman–Crippen MR) is 82.7 cm³/mol. The number of amides is 3. The van der Waals surface area contributed by atoms with Gasteiger partial charge in [-0.3, -0.25) is 14.4 Å². The van der Waals surface area contributed by atoms with Crippen molar-refractivity contribution < 1.29 is 19.1 Å². The largest absolute Gasteiger partial charge is 0.479 e. The summed E-state index contributed by atoms with van der Waals surface area (Å²) in [5.74, 6) is -0.501. The molecular weight excluding hydrogens is 296 g/mol. The Morgan fingerprint density at radius 3 is 2.30 bits per heavy atom.